The summed E-state index contributed by atoms with van der Waals surface area (Å²) in [7, 11) is 0. The van der Waals surface area contributed by atoms with E-state index in [-0.39, 0.29) is 23.7 Å². The van der Waals surface area contributed by atoms with E-state index in [0.717, 1.165) is 22.3 Å². The van der Waals surface area contributed by atoms with Gasteiger partial charge in [-0.3, -0.25) is 9.59 Å². The van der Waals surface area contributed by atoms with Crippen LogP contribution in [-0.2, 0) is 9.59 Å². The summed E-state index contributed by atoms with van der Waals surface area (Å²) in [5, 5.41) is 9.52. The fraction of sp³-hybridized carbons (Fsp3) is 0.138. The van der Waals surface area contributed by atoms with Crippen molar-refractivity contribution in [3.63, 3.8) is 0 Å². The molecule has 2 fully saturated rings. The molecule has 4 unspecified atom stereocenters. The summed E-state index contributed by atoms with van der Waals surface area (Å²) in [6.07, 6.45) is 4.19. The Morgan fingerprint density at radius 2 is 1.18 bits per heavy atom. The summed E-state index contributed by atoms with van der Waals surface area (Å²) in [5.41, 5.74) is 5.16. The van der Waals surface area contributed by atoms with Gasteiger partial charge >= 0.3 is 0 Å². The van der Waals surface area contributed by atoms with Crippen molar-refractivity contribution in [1.82, 2.24) is 0 Å². The summed E-state index contributed by atoms with van der Waals surface area (Å²) >= 11 is 0. The van der Waals surface area contributed by atoms with E-state index < -0.39 is 11.8 Å². The maximum atomic E-state index is 13.6. The second kappa shape index (κ2) is 7.43. The average Bonchev–Trinajstić information content (AvgIpc) is 3.50. The monoisotopic (exact) mass is 428 g/mol. The Morgan fingerprint density at radius 1 is 0.697 bits per heavy atom. The van der Waals surface area contributed by atoms with Crippen molar-refractivity contribution in [2.45, 2.75) is 0 Å². The Bertz CT molecular complexity index is 1310. The van der Waals surface area contributed by atoms with E-state index in [1.54, 1.807) is 24.3 Å². The van der Waals surface area contributed by atoms with Gasteiger partial charge in [0.15, 0.2) is 0 Å². The number of fused-ring (bicyclic) bond motifs is 5. The Hall–Kier alpha value is -4.23. The van der Waals surface area contributed by atoms with E-state index in [1.165, 1.54) is 4.90 Å². The number of rotatable bonds is 3. The summed E-state index contributed by atoms with van der Waals surface area (Å²) in [5.74, 6) is -1.55. The molecule has 4 atom stereocenters. The number of carbonyl (C=O) groups is 2. The number of hydrogen-bond donors (Lipinski definition) is 0. The Morgan fingerprint density at radius 3 is 1.70 bits per heavy atom. The molecule has 0 radical (unpaired) electrons. The van der Waals surface area contributed by atoms with E-state index >= 15 is 0 Å². The van der Waals surface area contributed by atoms with E-state index in [9.17, 15) is 14.9 Å². The first-order valence-electron chi connectivity index (χ1n) is 11.1. The standard InChI is InChI=1S/C29H20N2O2/c30-17-20-13-7-8-14-23(20)31-28(32)26-21-15-16-22(27(26)29(31)33)25(21)24(18-9-3-1-4-10-18)19-11-5-2-6-12-19/h1-16,21-22,26-27H. The molecule has 4 heteroatoms. The van der Waals surface area contributed by atoms with Gasteiger partial charge in [0.1, 0.15) is 6.07 Å². The molecule has 0 spiro atoms. The minimum absolute atomic E-state index is 0.133. The highest BCUT2D eigenvalue weighted by atomic mass is 16.2. The van der Waals surface area contributed by atoms with Crippen LogP contribution in [0.15, 0.2) is 103 Å². The van der Waals surface area contributed by atoms with E-state index in [1.807, 2.05) is 36.4 Å². The number of benzene rings is 3. The molecular formula is C29H20N2O2. The Balaban J connectivity index is 1.50. The minimum Gasteiger partial charge on any atom is -0.274 e. The number of nitrogens with zero attached hydrogens (tertiary/aromatic N) is 2. The Kier molecular flexibility index (Phi) is 4.38. The van der Waals surface area contributed by atoms with Crippen molar-refractivity contribution in [1.29, 1.82) is 5.26 Å². The molecule has 1 saturated heterocycles. The number of nitriles is 1. The zero-order valence-electron chi connectivity index (χ0n) is 17.8. The van der Waals surface area contributed by atoms with Crippen LogP contribution in [0.1, 0.15) is 16.7 Å². The lowest BCUT2D eigenvalue weighted by molar-refractivity contribution is -0.122. The molecule has 1 saturated carbocycles. The highest BCUT2D eigenvalue weighted by Crippen LogP contribution is 2.59. The third-order valence-corrected chi connectivity index (χ3v) is 7.09. The molecule has 3 aromatic rings. The summed E-state index contributed by atoms with van der Waals surface area (Å²) in [6, 6.07) is 29.3. The normalized spacial score (nSPS) is 24.8. The molecule has 4 nitrogen and oxygen atoms in total. The van der Waals surface area contributed by atoms with Crippen LogP contribution in [0.25, 0.3) is 5.57 Å². The van der Waals surface area contributed by atoms with Crippen LogP contribution in [-0.4, -0.2) is 11.8 Å². The largest absolute Gasteiger partial charge is 0.274 e. The number of hydrogen-bond acceptors (Lipinski definition) is 3. The molecule has 0 N–H and O–H groups in total. The van der Waals surface area contributed by atoms with E-state index in [4.69, 9.17) is 0 Å². The van der Waals surface area contributed by atoms with Gasteiger partial charge in [-0.1, -0.05) is 84.9 Å². The van der Waals surface area contributed by atoms with Gasteiger partial charge in [-0.2, -0.15) is 5.26 Å². The zero-order valence-corrected chi connectivity index (χ0v) is 17.8. The maximum absolute atomic E-state index is 13.6. The molecule has 2 bridgehead atoms. The molecule has 3 aliphatic rings. The molecule has 2 aliphatic carbocycles. The molecular weight excluding hydrogens is 408 g/mol. The topological polar surface area (TPSA) is 61.2 Å². The first-order chi connectivity index (χ1) is 16.2. The van der Waals surface area contributed by atoms with Gasteiger partial charge in [0.05, 0.1) is 23.1 Å². The summed E-state index contributed by atoms with van der Waals surface area (Å²) in [4.78, 5) is 28.5. The first kappa shape index (κ1) is 19.5. The molecule has 1 heterocycles. The van der Waals surface area contributed by atoms with Crippen LogP contribution in [0.5, 0.6) is 0 Å². The maximum Gasteiger partial charge on any atom is 0.238 e. The number of allylic oxidation sites excluding steroid dienone is 3. The summed E-state index contributed by atoms with van der Waals surface area (Å²) in [6.45, 7) is 0. The van der Waals surface area contributed by atoms with Crippen LogP contribution >= 0.6 is 0 Å². The zero-order chi connectivity index (χ0) is 22.5. The molecule has 158 valence electrons. The van der Waals surface area contributed by atoms with Crippen LogP contribution in [0.4, 0.5) is 5.69 Å². The fourth-order valence-electron chi connectivity index (χ4n) is 5.81. The average molecular weight is 428 g/mol. The second-order valence-electron chi connectivity index (χ2n) is 8.69. The lowest BCUT2D eigenvalue weighted by atomic mass is 9.85. The smallest absolute Gasteiger partial charge is 0.238 e. The van der Waals surface area contributed by atoms with Gasteiger partial charge in [-0.05, 0) is 34.4 Å². The van der Waals surface area contributed by atoms with E-state index in [2.05, 4.69) is 42.5 Å². The molecule has 6 rings (SSSR count). The van der Waals surface area contributed by atoms with E-state index in [0.29, 0.717) is 11.3 Å². The van der Waals surface area contributed by atoms with Crippen LogP contribution in [0, 0.1) is 35.0 Å². The molecule has 3 aromatic carbocycles. The van der Waals surface area contributed by atoms with Crippen molar-refractivity contribution >= 4 is 23.1 Å². The number of anilines is 1. The SMILES string of the molecule is N#Cc1ccccc1N1C(=O)C2C3C=CC(C3=C(c3ccccc3)c3ccccc3)C2C1=O. The first-order valence-corrected chi connectivity index (χ1v) is 11.1. The van der Waals surface area contributed by atoms with Crippen molar-refractivity contribution in [2.24, 2.45) is 23.7 Å². The third-order valence-electron chi connectivity index (χ3n) is 7.09. The lowest BCUT2D eigenvalue weighted by Crippen LogP contribution is -2.33. The van der Waals surface area contributed by atoms with Gasteiger partial charge in [0.2, 0.25) is 11.8 Å². The number of para-hydroxylation sites is 1. The van der Waals surface area contributed by atoms with Crippen molar-refractivity contribution in [2.75, 3.05) is 4.90 Å². The third kappa shape index (κ3) is 2.76. The van der Waals surface area contributed by atoms with Crippen molar-refractivity contribution < 1.29 is 9.59 Å². The molecule has 0 aromatic heterocycles. The quantitative estimate of drug-likeness (QED) is 0.437. The lowest BCUT2D eigenvalue weighted by Gasteiger charge is -2.22. The molecule has 1 aliphatic heterocycles. The highest BCUT2D eigenvalue weighted by Gasteiger charge is 2.62. The van der Waals surface area contributed by atoms with Gasteiger partial charge in [0, 0.05) is 11.8 Å². The summed E-state index contributed by atoms with van der Waals surface area (Å²) < 4.78 is 0. The van der Waals surface area contributed by atoms with Gasteiger partial charge < -0.3 is 0 Å². The predicted molar refractivity (Wildman–Crippen MR) is 126 cm³/mol. The highest BCUT2D eigenvalue weighted by molar-refractivity contribution is 6.24. The van der Waals surface area contributed by atoms with Gasteiger partial charge in [-0.15, -0.1) is 0 Å². The number of imide groups is 1. The predicted octanol–water partition coefficient (Wildman–Crippen LogP) is 4.98. The second-order valence-corrected chi connectivity index (χ2v) is 8.69. The minimum atomic E-state index is -0.434. The van der Waals surface area contributed by atoms with Crippen LogP contribution in [0.3, 0.4) is 0 Å². The molecule has 2 amide bonds. The van der Waals surface area contributed by atoms with Crippen molar-refractivity contribution in [3.8, 4) is 6.07 Å². The molecule has 33 heavy (non-hydrogen) atoms. The fourth-order valence-corrected chi connectivity index (χ4v) is 5.81. The van der Waals surface area contributed by atoms with Crippen LogP contribution in [0.2, 0.25) is 0 Å². The Labute approximate surface area is 192 Å². The number of amides is 2. The van der Waals surface area contributed by atoms with Crippen molar-refractivity contribution in [3.05, 3.63) is 119 Å². The number of carbonyl (C=O) groups excluding carboxylic acids is 2. The van der Waals surface area contributed by atoms with Crippen LogP contribution < -0.4 is 4.90 Å². The van der Waals surface area contributed by atoms with Gasteiger partial charge in [-0.25, -0.2) is 4.90 Å². The van der Waals surface area contributed by atoms with Gasteiger partial charge in [0.25, 0.3) is 0 Å².